The van der Waals surface area contributed by atoms with Crippen LogP contribution >= 0.6 is 11.3 Å². The molecule has 2 rings (SSSR count). The van der Waals surface area contributed by atoms with E-state index in [4.69, 9.17) is 0 Å². The zero-order valence-corrected chi connectivity index (χ0v) is 14.1. The molecule has 0 spiro atoms. The lowest BCUT2D eigenvalue weighted by molar-refractivity contribution is -0.134. The first kappa shape index (κ1) is 15.5. The Morgan fingerprint density at radius 2 is 1.95 bits per heavy atom. The third kappa shape index (κ3) is 2.77. The van der Waals surface area contributed by atoms with Crippen LogP contribution in [0.3, 0.4) is 0 Å². The van der Waals surface area contributed by atoms with Crippen molar-refractivity contribution in [3.8, 4) is 0 Å². The lowest BCUT2D eigenvalue weighted by Crippen LogP contribution is -2.45. The monoisotopic (exact) mass is 294 g/mol. The maximum absolute atomic E-state index is 12.8. The van der Waals surface area contributed by atoms with E-state index in [-0.39, 0.29) is 29.6 Å². The van der Waals surface area contributed by atoms with Crippen molar-refractivity contribution in [3.63, 3.8) is 0 Å². The molecule has 3 nitrogen and oxygen atoms in total. The molecule has 3 unspecified atom stereocenters. The largest absolute Gasteiger partial charge is 0.318 e. The molecule has 112 valence electrons. The van der Waals surface area contributed by atoms with E-state index >= 15 is 0 Å². The van der Waals surface area contributed by atoms with Crippen molar-refractivity contribution in [3.05, 3.63) is 22.4 Å². The predicted octanol–water partition coefficient (Wildman–Crippen LogP) is 3.64. The Labute approximate surface area is 126 Å². The van der Waals surface area contributed by atoms with Gasteiger partial charge in [-0.05, 0) is 40.6 Å². The van der Waals surface area contributed by atoms with E-state index in [9.17, 15) is 4.79 Å². The molecule has 0 aliphatic carbocycles. The van der Waals surface area contributed by atoms with Crippen LogP contribution in [-0.4, -0.2) is 22.9 Å². The van der Waals surface area contributed by atoms with Gasteiger partial charge in [0, 0.05) is 6.04 Å². The standard InChI is InChI=1S/C16H26N2OS/c1-10(2)13-15(19)18(11(3)16(4,5)6)14(17-13)12-7-8-20-9-12/h7-11,13-14,17H,1-6H3. The van der Waals surface area contributed by atoms with E-state index in [0.29, 0.717) is 5.92 Å². The van der Waals surface area contributed by atoms with Gasteiger partial charge in [0.25, 0.3) is 0 Å². The first-order valence-corrected chi connectivity index (χ1v) is 8.28. The topological polar surface area (TPSA) is 32.3 Å². The number of hydrogen-bond acceptors (Lipinski definition) is 3. The summed E-state index contributed by atoms with van der Waals surface area (Å²) in [6, 6.07) is 2.22. The summed E-state index contributed by atoms with van der Waals surface area (Å²) in [4.78, 5) is 14.9. The van der Waals surface area contributed by atoms with Crippen LogP contribution in [-0.2, 0) is 4.79 Å². The fourth-order valence-electron chi connectivity index (χ4n) is 2.61. The van der Waals surface area contributed by atoms with E-state index in [0.717, 1.165) is 0 Å². The molecule has 0 radical (unpaired) electrons. The van der Waals surface area contributed by atoms with E-state index in [1.54, 1.807) is 11.3 Å². The molecular weight excluding hydrogens is 268 g/mol. The van der Waals surface area contributed by atoms with Crippen molar-refractivity contribution >= 4 is 17.2 Å². The summed E-state index contributed by atoms with van der Waals surface area (Å²) >= 11 is 1.68. The molecule has 4 heteroatoms. The Balaban J connectivity index is 2.36. The first-order chi connectivity index (χ1) is 9.23. The number of carbonyl (C=O) groups is 1. The molecule has 1 aliphatic heterocycles. The molecule has 0 saturated carbocycles. The molecule has 2 heterocycles. The smallest absolute Gasteiger partial charge is 0.241 e. The molecular formula is C16H26N2OS. The minimum absolute atomic E-state index is 0.00961. The van der Waals surface area contributed by atoms with E-state index < -0.39 is 0 Å². The Morgan fingerprint density at radius 1 is 1.30 bits per heavy atom. The second-order valence-corrected chi connectivity index (χ2v) is 7.92. The van der Waals surface area contributed by atoms with Gasteiger partial charge in [0.15, 0.2) is 0 Å². The quantitative estimate of drug-likeness (QED) is 0.923. The normalized spacial score (nSPS) is 25.6. The average molecular weight is 294 g/mol. The SMILES string of the molecule is CC(C)C1NC(c2ccsc2)N(C(C)C(C)(C)C)C1=O. The highest BCUT2D eigenvalue weighted by Gasteiger charge is 2.45. The number of thiophene rings is 1. The van der Waals surface area contributed by atoms with Crippen LogP contribution in [0, 0.1) is 11.3 Å². The van der Waals surface area contributed by atoms with Crippen molar-refractivity contribution in [2.75, 3.05) is 0 Å². The van der Waals surface area contributed by atoms with Gasteiger partial charge in [-0.25, -0.2) is 0 Å². The Bertz CT molecular complexity index is 461. The maximum atomic E-state index is 12.8. The van der Waals surface area contributed by atoms with E-state index in [1.165, 1.54) is 5.56 Å². The summed E-state index contributed by atoms with van der Waals surface area (Å²) in [5.41, 5.74) is 1.26. The van der Waals surface area contributed by atoms with Gasteiger partial charge in [-0.2, -0.15) is 11.3 Å². The van der Waals surface area contributed by atoms with Crippen molar-refractivity contribution < 1.29 is 4.79 Å². The summed E-state index contributed by atoms with van der Waals surface area (Å²) in [6.45, 7) is 12.9. The third-order valence-corrected chi connectivity index (χ3v) is 5.03. The zero-order valence-electron chi connectivity index (χ0n) is 13.3. The molecule has 0 aromatic carbocycles. The van der Waals surface area contributed by atoms with Gasteiger partial charge < -0.3 is 4.90 Å². The molecule has 1 aromatic rings. The van der Waals surface area contributed by atoms with Gasteiger partial charge in [0.2, 0.25) is 5.91 Å². The highest BCUT2D eigenvalue weighted by Crippen LogP contribution is 2.36. The van der Waals surface area contributed by atoms with Crippen molar-refractivity contribution in [2.45, 2.75) is 59.8 Å². The highest BCUT2D eigenvalue weighted by molar-refractivity contribution is 7.07. The summed E-state index contributed by atoms with van der Waals surface area (Å²) in [5.74, 6) is 0.541. The van der Waals surface area contributed by atoms with Gasteiger partial charge in [0.1, 0.15) is 6.17 Å². The van der Waals surface area contributed by atoms with Gasteiger partial charge >= 0.3 is 0 Å². The minimum atomic E-state index is -0.0790. The molecule has 1 amide bonds. The third-order valence-electron chi connectivity index (χ3n) is 4.33. The van der Waals surface area contributed by atoms with Gasteiger partial charge in [0.05, 0.1) is 6.04 Å². The van der Waals surface area contributed by atoms with Crippen LogP contribution < -0.4 is 5.32 Å². The second kappa shape index (κ2) is 5.49. The molecule has 1 N–H and O–H groups in total. The zero-order chi connectivity index (χ0) is 15.1. The molecule has 1 aromatic heterocycles. The molecule has 20 heavy (non-hydrogen) atoms. The summed E-state index contributed by atoms with van der Waals surface area (Å²) in [6.07, 6.45) is 0.00961. The molecule has 1 saturated heterocycles. The Morgan fingerprint density at radius 3 is 2.40 bits per heavy atom. The number of nitrogens with zero attached hydrogens (tertiary/aromatic N) is 1. The lowest BCUT2D eigenvalue weighted by Gasteiger charge is -2.38. The summed E-state index contributed by atoms with van der Waals surface area (Å²) in [5, 5.41) is 7.74. The molecule has 3 atom stereocenters. The number of nitrogens with one attached hydrogen (secondary N) is 1. The highest BCUT2D eigenvalue weighted by atomic mass is 32.1. The van der Waals surface area contributed by atoms with Gasteiger partial charge in [-0.15, -0.1) is 0 Å². The van der Waals surface area contributed by atoms with Crippen LogP contribution in [0.1, 0.15) is 53.3 Å². The fourth-order valence-corrected chi connectivity index (χ4v) is 3.29. The first-order valence-electron chi connectivity index (χ1n) is 7.33. The van der Waals surface area contributed by atoms with Crippen LogP contribution in [0.2, 0.25) is 0 Å². The van der Waals surface area contributed by atoms with Crippen LogP contribution in [0.25, 0.3) is 0 Å². The van der Waals surface area contributed by atoms with Crippen LogP contribution in [0.15, 0.2) is 16.8 Å². The van der Waals surface area contributed by atoms with Gasteiger partial charge in [-0.1, -0.05) is 34.6 Å². The average Bonchev–Trinajstić information content (AvgIpc) is 2.93. The summed E-state index contributed by atoms with van der Waals surface area (Å²) in [7, 11) is 0. The number of rotatable bonds is 3. The summed E-state index contributed by atoms with van der Waals surface area (Å²) < 4.78 is 0. The Hall–Kier alpha value is -0.870. The fraction of sp³-hybridized carbons (Fsp3) is 0.688. The van der Waals surface area contributed by atoms with Crippen LogP contribution in [0.5, 0.6) is 0 Å². The van der Waals surface area contributed by atoms with Crippen LogP contribution in [0.4, 0.5) is 0 Å². The molecule has 1 fully saturated rings. The van der Waals surface area contributed by atoms with E-state index in [2.05, 4.69) is 63.7 Å². The van der Waals surface area contributed by atoms with Gasteiger partial charge in [-0.3, -0.25) is 10.1 Å². The molecule has 0 bridgehead atoms. The number of amides is 1. The number of carbonyl (C=O) groups excluding carboxylic acids is 1. The van der Waals surface area contributed by atoms with Crippen molar-refractivity contribution in [1.82, 2.24) is 10.2 Å². The second-order valence-electron chi connectivity index (χ2n) is 7.14. The lowest BCUT2D eigenvalue weighted by atomic mass is 9.86. The molecule has 1 aliphatic rings. The minimum Gasteiger partial charge on any atom is -0.318 e. The maximum Gasteiger partial charge on any atom is 0.241 e. The van der Waals surface area contributed by atoms with Crippen molar-refractivity contribution in [1.29, 1.82) is 0 Å². The van der Waals surface area contributed by atoms with Crippen molar-refractivity contribution in [2.24, 2.45) is 11.3 Å². The number of hydrogen-bond donors (Lipinski definition) is 1. The van der Waals surface area contributed by atoms with E-state index in [1.807, 2.05) is 4.90 Å². The predicted molar refractivity (Wildman–Crippen MR) is 84.6 cm³/mol. The Kier molecular flexibility index (Phi) is 4.26.